The van der Waals surface area contributed by atoms with E-state index in [-0.39, 0.29) is 11.5 Å². The Morgan fingerprint density at radius 1 is 1.29 bits per heavy atom. The van der Waals surface area contributed by atoms with Crippen LogP contribution in [0, 0.1) is 13.8 Å². The van der Waals surface area contributed by atoms with Gasteiger partial charge in [0.15, 0.2) is 16.1 Å². The van der Waals surface area contributed by atoms with Gasteiger partial charge in [-0.2, -0.15) is 0 Å². The fourth-order valence-electron chi connectivity index (χ4n) is 2.76. The van der Waals surface area contributed by atoms with Crippen molar-refractivity contribution in [3.63, 3.8) is 0 Å². The minimum atomic E-state index is -0.691. The number of nitrogens with one attached hydrogen (secondary N) is 1. The number of carbonyl (C=O) groups is 1. The molecule has 0 fully saturated rings. The lowest BCUT2D eigenvalue weighted by atomic mass is 10.2. The first-order valence-electron chi connectivity index (χ1n) is 9.37. The molecular formula is C20H19N5O4S2. The van der Waals surface area contributed by atoms with E-state index in [1.807, 2.05) is 25.1 Å². The molecule has 11 heteroatoms. The Morgan fingerprint density at radius 3 is 2.94 bits per heavy atom. The van der Waals surface area contributed by atoms with Gasteiger partial charge in [-0.1, -0.05) is 35.2 Å². The van der Waals surface area contributed by atoms with E-state index < -0.39 is 6.10 Å². The lowest BCUT2D eigenvalue weighted by Crippen LogP contribution is -2.30. The van der Waals surface area contributed by atoms with Crippen LogP contribution in [-0.2, 0) is 10.5 Å². The molecule has 1 N–H and O–H groups in total. The Bertz CT molecular complexity index is 1300. The molecule has 3 heterocycles. The highest BCUT2D eigenvalue weighted by molar-refractivity contribution is 8.00. The van der Waals surface area contributed by atoms with Gasteiger partial charge in [-0.3, -0.25) is 14.9 Å². The zero-order valence-corrected chi connectivity index (χ0v) is 18.6. The van der Waals surface area contributed by atoms with Crippen LogP contribution in [0.1, 0.15) is 23.9 Å². The number of aromatic nitrogens is 4. The summed E-state index contributed by atoms with van der Waals surface area (Å²) in [5.74, 6) is 1.36. The molecular weight excluding hydrogens is 438 g/mol. The van der Waals surface area contributed by atoms with Crippen molar-refractivity contribution in [3.05, 3.63) is 63.8 Å². The Hall–Kier alpha value is -3.18. The van der Waals surface area contributed by atoms with Crippen LogP contribution < -0.4 is 15.6 Å². The summed E-state index contributed by atoms with van der Waals surface area (Å²) >= 11 is 2.62. The summed E-state index contributed by atoms with van der Waals surface area (Å²) in [7, 11) is 0. The van der Waals surface area contributed by atoms with Crippen LogP contribution in [0.25, 0.3) is 5.65 Å². The van der Waals surface area contributed by atoms with Crippen molar-refractivity contribution in [3.8, 4) is 5.75 Å². The first-order chi connectivity index (χ1) is 14.9. The van der Waals surface area contributed by atoms with E-state index in [1.54, 1.807) is 26.0 Å². The number of amides is 1. The molecule has 31 heavy (non-hydrogen) atoms. The number of fused-ring (bicyclic) bond motifs is 1. The van der Waals surface area contributed by atoms with E-state index in [0.717, 1.165) is 10.1 Å². The van der Waals surface area contributed by atoms with Crippen LogP contribution in [0.4, 0.5) is 5.13 Å². The number of benzene rings is 1. The van der Waals surface area contributed by atoms with Gasteiger partial charge in [0.2, 0.25) is 5.13 Å². The van der Waals surface area contributed by atoms with Crippen LogP contribution in [0.2, 0.25) is 0 Å². The minimum Gasteiger partial charge on any atom is -0.481 e. The van der Waals surface area contributed by atoms with Crippen LogP contribution in [0.3, 0.4) is 0 Å². The van der Waals surface area contributed by atoms with Crippen molar-refractivity contribution in [2.24, 2.45) is 0 Å². The number of carbonyl (C=O) groups excluding carboxylic acids is 1. The number of ether oxygens (including phenoxy) is 1. The summed E-state index contributed by atoms with van der Waals surface area (Å²) in [4.78, 5) is 28.9. The quantitative estimate of drug-likeness (QED) is 0.332. The van der Waals surface area contributed by atoms with Gasteiger partial charge in [0.05, 0.1) is 5.69 Å². The summed E-state index contributed by atoms with van der Waals surface area (Å²) in [5.41, 5.74) is 1.85. The summed E-state index contributed by atoms with van der Waals surface area (Å²) in [5, 5.41) is 11.2. The van der Waals surface area contributed by atoms with Crippen LogP contribution >= 0.6 is 23.1 Å². The molecule has 1 amide bonds. The molecule has 0 radical (unpaired) electrons. The lowest BCUT2D eigenvalue weighted by molar-refractivity contribution is -0.122. The van der Waals surface area contributed by atoms with E-state index in [4.69, 9.17) is 9.26 Å². The smallest absolute Gasteiger partial charge is 0.287 e. The second-order valence-corrected chi connectivity index (χ2v) is 9.01. The highest BCUT2D eigenvalue weighted by Gasteiger charge is 2.17. The highest BCUT2D eigenvalue weighted by Crippen LogP contribution is 2.28. The van der Waals surface area contributed by atoms with Crippen molar-refractivity contribution in [2.75, 3.05) is 5.32 Å². The second kappa shape index (κ2) is 8.90. The third kappa shape index (κ3) is 5.12. The van der Waals surface area contributed by atoms with E-state index in [9.17, 15) is 9.59 Å². The summed E-state index contributed by atoms with van der Waals surface area (Å²) in [6, 6.07) is 10.6. The van der Waals surface area contributed by atoms with E-state index in [0.29, 0.717) is 38.1 Å². The monoisotopic (exact) mass is 457 g/mol. The van der Waals surface area contributed by atoms with Crippen molar-refractivity contribution in [1.82, 2.24) is 19.8 Å². The van der Waals surface area contributed by atoms with E-state index >= 15 is 0 Å². The van der Waals surface area contributed by atoms with Gasteiger partial charge >= 0.3 is 0 Å². The third-order valence-electron chi connectivity index (χ3n) is 4.18. The van der Waals surface area contributed by atoms with E-state index in [2.05, 4.69) is 20.5 Å². The Morgan fingerprint density at radius 2 is 2.13 bits per heavy atom. The topological polar surface area (TPSA) is 112 Å². The zero-order chi connectivity index (χ0) is 22.0. The maximum atomic E-state index is 12.4. The average molecular weight is 458 g/mol. The Labute approximate surface area is 185 Å². The molecule has 0 saturated heterocycles. The van der Waals surface area contributed by atoms with Gasteiger partial charge in [0, 0.05) is 17.9 Å². The summed E-state index contributed by atoms with van der Waals surface area (Å²) in [6.07, 6.45) is -0.691. The molecule has 0 aliphatic carbocycles. The predicted molar refractivity (Wildman–Crippen MR) is 118 cm³/mol. The fraction of sp³-hybridized carbons (Fsp3) is 0.250. The second-order valence-electron chi connectivity index (χ2n) is 6.81. The SMILES string of the molecule is Cc1cccc(OC(C)C(=O)Nc2nnc(SCc3cc(=O)n4oc(C)cc4n3)s2)c1. The summed E-state index contributed by atoms with van der Waals surface area (Å²) < 4.78 is 12.8. The van der Waals surface area contributed by atoms with Crippen LogP contribution in [0.5, 0.6) is 5.75 Å². The summed E-state index contributed by atoms with van der Waals surface area (Å²) in [6.45, 7) is 5.39. The Kier molecular flexibility index (Phi) is 6.05. The van der Waals surface area contributed by atoms with Crippen molar-refractivity contribution >= 4 is 39.8 Å². The molecule has 1 aromatic carbocycles. The molecule has 0 spiro atoms. The van der Waals surface area contributed by atoms with Crippen molar-refractivity contribution < 1.29 is 14.1 Å². The van der Waals surface area contributed by atoms with E-state index in [1.165, 1.54) is 29.2 Å². The van der Waals surface area contributed by atoms with Gasteiger partial charge in [-0.05, 0) is 38.5 Å². The molecule has 4 aromatic rings. The first kappa shape index (κ1) is 21.1. The number of aryl methyl sites for hydroxylation is 2. The fourth-order valence-corrected chi connectivity index (χ4v) is 4.40. The number of hydrogen-bond donors (Lipinski definition) is 1. The van der Waals surface area contributed by atoms with Gasteiger partial charge in [-0.25, -0.2) is 4.98 Å². The molecule has 4 rings (SSSR count). The maximum absolute atomic E-state index is 12.4. The average Bonchev–Trinajstić information content (AvgIpc) is 3.32. The highest BCUT2D eigenvalue weighted by atomic mass is 32.2. The van der Waals surface area contributed by atoms with Crippen molar-refractivity contribution in [2.45, 2.75) is 37.0 Å². The number of thioether (sulfide) groups is 1. The number of hydrogen-bond acceptors (Lipinski definition) is 9. The largest absolute Gasteiger partial charge is 0.481 e. The number of rotatable bonds is 7. The molecule has 9 nitrogen and oxygen atoms in total. The Balaban J connectivity index is 1.35. The molecule has 0 aliphatic heterocycles. The lowest BCUT2D eigenvalue weighted by Gasteiger charge is -2.13. The molecule has 0 bridgehead atoms. The van der Waals surface area contributed by atoms with Crippen LogP contribution in [-0.4, -0.2) is 31.8 Å². The zero-order valence-electron chi connectivity index (χ0n) is 17.0. The number of anilines is 1. The standard InChI is InChI=1S/C20H19N5O4S2/c1-11-5-4-6-15(7-11)28-13(3)18(27)22-19-23-24-20(31-19)30-10-14-9-17(26)25-16(21-14)8-12(2)29-25/h4-9,13H,10H2,1-3H3,(H,22,23,27). The number of nitrogens with zero attached hydrogens (tertiary/aromatic N) is 4. The normalized spacial score (nSPS) is 12.1. The molecule has 3 aromatic heterocycles. The minimum absolute atomic E-state index is 0.276. The van der Waals surface area contributed by atoms with Gasteiger partial charge in [-0.15, -0.1) is 14.8 Å². The first-order valence-corrected chi connectivity index (χ1v) is 11.2. The molecule has 160 valence electrons. The molecule has 1 unspecified atom stereocenters. The van der Waals surface area contributed by atoms with Gasteiger partial charge in [0.25, 0.3) is 11.5 Å². The maximum Gasteiger partial charge on any atom is 0.287 e. The third-order valence-corrected chi connectivity index (χ3v) is 6.18. The molecule has 0 aliphatic rings. The molecule has 0 saturated carbocycles. The van der Waals surface area contributed by atoms with Crippen LogP contribution in [0.15, 0.2) is 50.1 Å². The van der Waals surface area contributed by atoms with Gasteiger partial charge < -0.3 is 9.26 Å². The van der Waals surface area contributed by atoms with Crippen molar-refractivity contribution in [1.29, 1.82) is 0 Å². The molecule has 1 atom stereocenters. The predicted octanol–water partition coefficient (Wildman–Crippen LogP) is 3.45. The van der Waals surface area contributed by atoms with Gasteiger partial charge in [0.1, 0.15) is 11.5 Å².